The van der Waals surface area contributed by atoms with Crippen molar-refractivity contribution in [3.63, 3.8) is 0 Å². The third-order valence-electron chi connectivity index (χ3n) is 4.28. The van der Waals surface area contributed by atoms with E-state index in [1.165, 1.54) is 29.2 Å². The Labute approximate surface area is 171 Å². The van der Waals surface area contributed by atoms with Crippen LogP contribution in [0.4, 0.5) is 4.39 Å². The highest BCUT2D eigenvalue weighted by Crippen LogP contribution is 2.15. The molecule has 5 nitrogen and oxygen atoms in total. The Morgan fingerprint density at radius 2 is 1.79 bits per heavy atom. The van der Waals surface area contributed by atoms with E-state index in [1.54, 1.807) is 6.92 Å². The van der Waals surface area contributed by atoms with Crippen molar-refractivity contribution in [1.82, 2.24) is 10.2 Å². The molecule has 0 aliphatic carbocycles. The first-order chi connectivity index (χ1) is 13.5. The summed E-state index contributed by atoms with van der Waals surface area (Å²) in [4.78, 5) is 27.1. The molecule has 1 atom stereocenters. The number of hydrogen-bond donors (Lipinski definition) is 1. The monoisotopic (exact) mass is 400 g/mol. The average molecular weight is 400 g/mol. The second-order valence-electron chi connectivity index (χ2n) is 8.17. The molecule has 29 heavy (non-hydrogen) atoms. The third-order valence-corrected chi connectivity index (χ3v) is 4.28. The van der Waals surface area contributed by atoms with Crippen LogP contribution in [0.5, 0.6) is 5.75 Å². The molecule has 0 aliphatic heterocycles. The van der Waals surface area contributed by atoms with Crippen LogP contribution in [0.15, 0.2) is 48.5 Å². The van der Waals surface area contributed by atoms with Gasteiger partial charge in [-0.1, -0.05) is 29.8 Å². The summed E-state index contributed by atoms with van der Waals surface area (Å²) in [7, 11) is 0. The largest absolute Gasteiger partial charge is 0.484 e. The number of hydrogen-bond acceptors (Lipinski definition) is 3. The molecule has 1 unspecified atom stereocenters. The van der Waals surface area contributed by atoms with Gasteiger partial charge in [0.25, 0.3) is 5.91 Å². The minimum Gasteiger partial charge on any atom is -0.484 e. The molecule has 0 spiro atoms. The summed E-state index contributed by atoms with van der Waals surface area (Å²) in [6.07, 6.45) is 0. The fourth-order valence-corrected chi connectivity index (χ4v) is 2.82. The van der Waals surface area contributed by atoms with E-state index < -0.39 is 11.6 Å². The van der Waals surface area contributed by atoms with Gasteiger partial charge in [0.15, 0.2) is 6.61 Å². The number of aryl methyl sites for hydroxylation is 1. The van der Waals surface area contributed by atoms with Gasteiger partial charge in [-0.2, -0.15) is 0 Å². The zero-order valence-corrected chi connectivity index (χ0v) is 17.7. The van der Waals surface area contributed by atoms with Crippen molar-refractivity contribution in [2.45, 2.75) is 52.7 Å². The van der Waals surface area contributed by atoms with Gasteiger partial charge in [-0.3, -0.25) is 9.59 Å². The maximum atomic E-state index is 13.0. The van der Waals surface area contributed by atoms with Crippen molar-refractivity contribution in [2.24, 2.45) is 0 Å². The number of ether oxygens (including phenoxy) is 1. The van der Waals surface area contributed by atoms with Crippen LogP contribution < -0.4 is 10.1 Å². The maximum Gasteiger partial charge on any atom is 0.261 e. The number of nitrogens with one attached hydrogen (secondary N) is 1. The Hall–Kier alpha value is -2.89. The zero-order chi connectivity index (χ0) is 21.6. The van der Waals surface area contributed by atoms with Crippen LogP contribution in [0.25, 0.3) is 0 Å². The second-order valence-corrected chi connectivity index (χ2v) is 8.17. The molecular formula is C23H29FN2O3. The number of nitrogens with zero attached hydrogens (tertiary/aromatic N) is 1. The van der Waals surface area contributed by atoms with E-state index in [2.05, 4.69) is 5.32 Å². The fourth-order valence-electron chi connectivity index (χ4n) is 2.82. The number of rotatable bonds is 7. The molecule has 0 radical (unpaired) electrons. The molecule has 0 saturated carbocycles. The number of carbonyl (C=O) groups is 2. The SMILES string of the molecule is Cc1cccc(CN(C(=O)COc2ccc(F)cc2)C(C)C(=O)NC(C)(C)C)c1. The Morgan fingerprint density at radius 3 is 2.38 bits per heavy atom. The topological polar surface area (TPSA) is 58.6 Å². The fraction of sp³-hybridized carbons (Fsp3) is 0.391. The predicted molar refractivity (Wildman–Crippen MR) is 111 cm³/mol. The third kappa shape index (κ3) is 7.22. The molecule has 0 aliphatic rings. The minimum atomic E-state index is -0.681. The van der Waals surface area contributed by atoms with E-state index in [-0.39, 0.29) is 30.8 Å². The van der Waals surface area contributed by atoms with Gasteiger partial charge in [0, 0.05) is 12.1 Å². The highest BCUT2D eigenvalue weighted by atomic mass is 19.1. The smallest absolute Gasteiger partial charge is 0.261 e. The van der Waals surface area contributed by atoms with Crippen molar-refractivity contribution >= 4 is 11.8 Å². The van der Waals surface area contributed by atoms with Crippen molar-refractivity contribution in [3.8, 4) is 5.75 Å². The van der Waals surface area contributed by atoms with Crippen molar-refractivity contribution in [2.75, 3.05) is 6.61 Å². The Kier molecular flexibility index (Phi) is 7.37. The number of halogens is 1. The molecule has 2 rings (SSSR count). The van der Waals surface area contributed by atoms with E-state index in [9.17, 15) is 14.0 Å². The zero-order valence-electron chi connectivity index (χ0n) is 17.7. The lowest BCUT2D eigenvalue weighted by Crippen LogP contribution is -2.53. The van der Waals surface area contributed by atoms with Crippen LogP contribution in [0.1, 0.15) is 38.8 Å². The van der Waals surface area contributed by atoms with E-state index in [0.29, 0.717) is 5.75 Å². The minimum absolute atomic E-state index is 0.236. The predicted octanol–water partition coefficient (Wildman–Crippen LogP) is 3.84. The first-order valence-corrected chi connectivity index (χ1v) is 9.60. The lowest BCUT2D eigenvalue weighted by molar-refractivity contribution is -0.142. The van der Waals surface area contributed by atoms with Gasteiger partial charge < -0.3 is 15.0 Å². The van der Waals surface area contributed by atoms with E-state index in [0.717, 1.165) is 11.1 Å². The molecule has 0 saturated heterocycles. The summed E-state index contributed by atoms with van der Waals surface area (Å²) < 4.78 is 18.5. The van der Waals surface area contributed by atoms with Gasteiger partial charge in [0.2, 0.25) is 5.91 Å². The van der Waals surface area contributed by atoms with E-state index in [4.69, 9.17) is 4.74 Å². The molecule has 2 amide bonds. The summed E-state index contributed by atoms with van der Waals surface area (Å²) in [5.41, 5.74) is 1.59. The number of amides is 2. The van der Waals surface area contributed by atoms with Gasteiger partial charge in [-0.25, -0.2) is 4.39 Å². The number of benzene rings is 2. The number of carbonyl (C=O) groups excluding carboxylic acids is 2. The van der Waals surface area contributed by atoms with Gasteiger partial charge >= 0.3 is 0 Å². The molecule has 1 N–H and O–H groups in total. The average Bonchev–Trinajstić information content (AvgIpc) is 2.63. The van der Waals surface area contributed by atoms with Gasteiger partial charge in [-0.05, 0) is 64.4 Å². The van der Waals surface area contributed by atoms with Crippen molar-refractivity contribution in [3.05, 3.63) is 65.5 Å². The second kappa shape index (κ2) is 9.54. The van der Waals surface area contributed by atoms with Crippen LogP contribution in [0, 0.1) is 12.7 Å². The van der Waals surface area contributed by atoms with Gasteiger partial charge in [0.05, 0.1) is 0 Å². The molecule has 0 heterocycles. The van der Waals surface area contributed by atoms with E-state index in [1.807, 2.05) is 52.0 Å². The standard InChI is InChI=1S/C23H29FN2O3/c1-16-7-6-8-18(13-16)14-26(17(2)22(28)25-23(3,4)5)21(27)15-29-20-11-9-19(24)10-12-20/h6-13,17H,14-15H2,1-5H3,(H,25,28). The summed E-state index contributed by atoms with van der Waals surface area (Å²) in [5, 5.41) is 2.92. The molecule has 6 heteroatoms. The first-order valence-electron chi connectivity index (χ1n) is 9.60. The molecule has 2 aromatic rings. The molecule has 156 valence electrons. The van der Waals surface area contributed by atoms with Crippen molar-refractivity contribution < 1.29 is 18.7 Å². The molecule has 0 bridgehead atoms. The lowest BCUT2D eigenvalue weighted by Gasteiger charge is -2.31. The van der Waals surface area contributed by atoms with Gasteiger partial charge in [-0.15, -0.1) is 0 Å². The summed E-state index contributed by atoms with van der Waals surface area (Å²) >= 11 is 0. The highest BCUT2D eigenvalue weighted by Gasteiger charge is 2.28. The summed E-state index contributed by atoms with van der Waals surface area (Å²) in [6, 6.07) is 12.6. The Balaban J connectivity index is 2.16. The molecule has 0 aromatic heterocycles. The first kappa shape index (κ1) is 22.4. The quantitative estimate of drug-likeness (QED) is 0.768. The van der Waals surface area contributed by atoms with Crippen LogP contribution in [-0.4, -0.2) is 34.9 Å². The Morgan fingerprint density at radius 1 is 1.14 bits per heavy atom. The highest BCUT2D eigenvalue weighted by molar-refractivity contribution is 5.88. The Bertz CT molecular complexity index is 844. The normalized spacial score (nSPS) is 12.2. The molecule has 2 aromatic carbocycles. The van der Waals surface area contributed by atoms with Crippen molar-refractivity contribution in [1.29, 1.82) is 0 Å². The summed E-state index contributed by atoms with van der Waals surface area (Å²) in [6.45, 7) is 9.39. The van der Waals surface area contributed by atoms with Crippen LogP contribution in [0.3, 0.4) is 0 Å². The van der Waals surface area contributed by atoms with Crippen LogP contribution in [0.2, 0.25) is 0 Å². The van der Waals surface area contributed by atoms with Gasteiger partial charge in [0.1, 0.15) is 17.6 Å². The maximum absolute atomic E-state index is 13.0. The molecular weight excluding hydrogens is 371 g/mol. The summed E-state index contributed by atoms with van der Waals surface area (Å²) in [5.74, 6) is -0.549. The lowest BCUT2D eigenvalue weighted by atomic mass is 10.1. The van der Waals surface area contributed by atoms with Crippen LogP contribution >= 0.6 is 0 Å². The molecule has 0 fully saturated rings. The van der Waals surface area contributed by atoms with Crippen LogP contribution in [-0.2, 0) is 16.1 Å². The van der Waals surface area contributed by atoms with E-state index >= 15 is 0 Å².